The maximum absolute atomic E-state index is 5.83. The summed E-state index contributed by atoms with van der Waals surface area (Å²) in [6.07, 6.45) is 6.99. The second-order valence-electron chi connectivity index (χ2n) is 3.27. The summed E-state index contributed by atoms with van der Waals surface area (Å²) >= 11 is 0. The van der Waals surface area contributed by atoms with Gasteiger partial charge < -0.3 is 10.6 Å². The first-order chi connectivity index (χ1) is 6.66. The minimum absolute atomic E-state index is 0.0288. The minimum atomic E-state index is -0.0288. The molecule has 0 aliphatic heterocycles. The Kier molecular flexibility index (Phi) is 3.49. The third-order valence-electron chi connectivity index (χ3n) is 2.00. The topological polar surface area (TPSA) is 42.2 Å². The second-order valence-corrected chi connectivity index (χ2v) is 3.27. The van der Waals surface area contributed by atoms with E-state index in [9.17, 15) is 0 Å². The van der Waals surface area contributed by atoms with Crippen LogP contribution in [0.1, 0.15) is 18.5 Å². The van der Waals surface area contributed by atoms with Crippen molar-refractivity contribution >= 4 is 5.82 Å². The lowest BCUT2D eigenvalue weighted by Gasteiger charge is -2.20. The van der Waals surface area contributed by atoms with E-state index in [0.717, 1.165) is 11.4 Å². The number of nitrogens with two attached hydrogens (primary N) is 1. The van der Waals surface area contributed by atoms with Crippen molar-refractivity contribution in [2.75, 3.05) is 18.5 Å². The highest BCUT2D eigenvalue weighted by Crippen LogP contribution is 2.20. The Bertz CT molecular complexity index is 339. The molecule has 0 aliphatic rings. The zero-order valence-electron chi connectivity index (χ0n) is 8.57. The molecule has 14 heavy (non-hydrogen) atoms. The summed E-state index contributed by atoms with van der Waals surface area (Å²) in [6.45, 7) is 2.47. The third kappa shape index (κ3) is 2.24. The lowest BCUT2D eigenvalue weighted by molar-refractivity contribution is 0.801. The van der Waals surface area contributed by atoms with Crippen LogP contribution >= 0.6 is 0 Å². The number of rotatable bonds is 3. The van der Waals surface area contributed by atoms with Gasteiger partial charge in [0.2, 0.25) is 0 Å². The summed E-state index contributed by atoms with van der Waals surface area (Å²) in [4.78, 5) is 6.18. The van der Waals surface area contributed by atoms with Crippen LogP contribution in [-0.4, -0.2) is 18.6 Å². The van der Waals surface area contributed by atoms with Crippen LogP contribution in [0, 0.1) is 12.3 Å². The van der Waals surface area contributed by atoms with Crippen molar-refractivity contribution in [1.29, 1.82) is 0 Å². The summed E-state index contributed by atoms with van der Waals surface area (Å²) in [5, 5.41) is 0. The van der Waals surface area contributed by atoms with Crippen molar-refractivity contribution in [3.8, 4) is 12.3 Å². The van der Waals surface area contributed by atoms with E-state index in [-0.39, 0.29) is 6.04 Å². The van der Waals surface area contributed by atoms with Gasteiger partial charge in [-0.05, 0) is 13.0 Å². The first kappa shape index (κ1) is 10.6. The summed E-state index contributed by atoms with van der Waals surface area (Å²) < 4.78 is 0. The molecule has 0 aromatic carbocycles. The quantitative estimate of drug-likeness (QED) is 0.726. The van der Waals surface area contributed by atoms with Gasteiger partial charge in [-0.15, -0.1) is 6.42 Å². The molecule has 2 N–H and O–H groups in total. The molecule has 0 saturated heterocycles. The Hall–Kier alpha value is -1.53. The normalized spacial score (nSPS) is 11.9. The number of nitrogens with zero attached hydrogens (tertiary/aromatic N) is 2. The molecule has 1 aromatic heterocycles. The predicted octanol–water partition coefficient (Wildman–Crippen LogP) is 1.17. The molecule has 1 unspecified atom stereocenters. The number of hydrogen-bond donors (Lipinski definition) is 1. The first-order valence-corrected chi connectivity index (χ1v) is 4.52. The fourth-order valence-electron chi connectivity index (χ4n) is 1.30. The van der Waals surface area contributed by atoms with E-state index in [0.29, 0.717) is 6.54 Å². The molecular formula is C11H15N3. The van der Waals surface area contributed by atoms with Crippen molar-refractivity contribution in [3.63, 3.8) is 0 Å². The van der Waals surface area contributed by atoms with Crippen LogP contribution in [0.5, 0.6) is 0 Å². The van der Waals surface area contributed by atoms with E-state index in [2.05, 4.69) is 10.9 Å². The van der Waals surface area contributed by atoms with E-state index in [1.54, 1.807) is 6.20 Å². The highest BCUT2D eigenvalue weighted by molar-refractivity contribution is 5.48. The van der Waals surface area contributed by atoms with Crippen LogP contribution in [0.4, 0.5) is 5.82 Å². The Morgan fingerprint density at radius 2 is 2.43 bits per heavy atom. The van der Waals surface area contributed by atoms with Crippen molar-refractivity contribution in [1.82, 2.24) is 4.98 Å². The van der Waals surface area contributed by atoms with Gasteiger partial charge in [0.05, 0.1) is 6.54 Å². The molecule has 0 amide bonds. The van der Waals surface area contributed by atoms with E-state index >= 15 is 0 Å². The fourth-order valence-corrected chi connectivity index (χ4v) is 1.30. The third-order valence-corrected chi connectivity index (χ3v) is 2.00. The van der Waals surface area contributed by atoms with Crippen molar-refractivity contribution in [3.05, 3.63) is 23.9 Å². The zero-order valence-corrected chi connectivity index (χ0v) is 8.57. The highest BCUT2D eigenvalue weighted by atomic mass is 15.2. The van der Waals surface area contributed by atoms with Crippen molar-refractivity contribution in [2.24, 2.45) is 5.73 Å². The molecule has 74 valence electrons. The number of aromatic nitrogens is 1. The van der Waals surface area contributed by atoms with Crippen LogP contribution in [0.25, 0.3) is 0 Å². The molecule has 0 saturated carbocycles. The maximum Gasteiger partial charge on any atom is 0.133 e. The highest BCUT2D eigenvalue weighted by Gasteiger charge is 2.10. The monoisotopic (exact) mass is 189 g/mol. The van der Waals surface area contributed by atoms with Crippen LogP contribution < -0.4 is 10.6 Å². The van der Waals surface area contributed by atoms with Gasteiger partial charge in [-0.25, -0.2) is 4.98 Å². The molecule has 1 rings (SSSR count). The molecule has 3 nitrogen and oxygen atoms in total. The van der Waals surface area contributed by atoms with Crippen LogP contribution in [0.2, 0.25) is 0 Å². The van der Waals surface area contributed by atoms with Crippen LogP contribution in [0.3, 0.4) is 0 Å². The molecule has 1 aromatic rings. The largest absolute Gasteiger partial charge is 0.348 e. The summed E-state index contributed by atoms with van der Waals surface area (Å²) in [5.41, 5.74) is 6.85. The summed E-state index contributed by atoms with van der Waals surface area (Å²) in [7, 11) is 1.91. The van der Waals surface area contributed by atoms with E-state index in [1.807, 2.05) is 31.0 Å². The fraction of sp³-hybridized carbons (Fsp3) is 0.364. The predicted molar refractivity (Wildman–Crippen MR) is 58.9 cm³/mol. The molecule has 0 aliphatic carbocycles. The standard InChI is InChI=1S/C11H15N3/c1-4-8-14(3)11-10(9(2)12)6-5-7-13-11/h1,5-7,9H,8,12H2,2-3H3. The van der Waals surface area contributed by atoms with Gasteiger partial charge in [0.1, 0.15) is 5.82 Å². The van der Waals surface area contributed by atoms with Gasteiger partial charge in [0.25, 0.3) is 0 Å². The zero-order chi connectivity index (χ0) is 10.6. The molecule has 1 atom stereocenters. The van der Waals surface area contributed by atoms with Crippen LogP contribution in [-0.2, 0) is 0 Å². The number of terminal acetylenes is 1. The minimum Gasteiger partial charge on any atom is -0.348 e. The van der Waals surface area contributed by atoms with Crippen molar-refractivity contribution in [2.45, 2.75) is 13.0 Å². The second kappa shape index (κ2) is 4.64. The van der Waals surface area contributed by atoms with Gasteiger partial charge in [-0.2, -0.15) is 0 Å². The summed E-state index contributed by atoms with van der Waals surface area (Å²) in [5.74, 6) is 3.44. The summed E-state index contributed by atoms with van der Waals surface area (Å²) in [6, 6.07) is 3.82. The molecule has 0 fully saturated rings. The number of pyridine rings is 1. The van der Waals surface area contributed by atoms with E-state index < -0.39 is 0 Å². The van der Waals surface area contributed by atoms with Crippen LogP contribution in [0.15, 0.2) is 18.3 Å². The molecule has 3 heteroatoms. The Balaban J connectivity index is 3.01. The Morgan fingerprint density at radius 3 is 3.00 bits per heavy atom. The molecular weight excluding hydrogens is 174 g/mol. The molecule has 1 heterocycles. The van der Waals surface area contributed by atoms with E-state index in [1.165, 1.54) is 0 Å². The average molecular weight is 189 g/mol. The number of hydrogen-bond acceptors (Lipinski definition) is 3. The van der Waals surface area contributed by atoms with Gasteiger partial charge >= 0.3 is 0 Å². The Morgan fingerprint density at radius 1 is 1.71 bits per heavy atom. The first-order valence-electron chi connectivity index (χ1n) is 4.52. The molecule has 0 bridgehead atoms. The van der Waals surface area contributed by atoms with Gasteiger partial charge in [0, 0.05) is 24.8 Å². The lowest BCUT2D eigenvalue weighted by atomic mass is 10.1. The Labute approximate surface area is 84.9 Å². The van der Waals surface area contributed by atoms with Gasteiger partial charge in [0.15, 0.2) is 0 Å². The smallest absolute Gasteiger partial charge is 0.133 e. The maximum atomic E-state index is 5.83. The molecule has 0 spiro atoms. The lowest BCUT2D eigenvalue weighted by Crippen LogP contribution is -2.22. The number of anilines is 1. The van der Waals surface area contributed by atoms with E-state index in [4.69, 9.17) is 12.2 Å². The van der Waals surface area contributed by atoms with Gasteiger partial charge in [-0.1, -0.05) is 12.0 Å². The van der Waals surface area contributed by atoms with Crippen molar-refractivity contribution < 1.29 is 0 Å². The SMILES string of the molecule is C#CCN(C)c1ncccc1C(C)N. The molecule has 0 radical (unpaired) electrons. The average Bonchev–Trinajstić information content (AvgIpc) is 2.18. The van der Waals surface area contributed by atoms with Gasteiger partial charge in [-0.3, -0.25) is 0 Å².